The van der Waals surface area contributed by atoms with Gasteiger partial charge in [-0.25, -0.2) is 8.42 Å². The van der Waals surface area contributed by atoms with Crippen molar-refractivity contribution < 1.29 is 17.9 Å². The Morgan fingerprint density at radius 3 is 2.48 bits per heavy atom. The van der Waals surface area contributed by atoms with Gasteiger partial charge in [-0.2, -0.15) is 4.31 Å². The van der Waals surface area contributed by atoms with E-state index in [2.05, 4.69) is 0 Å². The number of fused-ring (bicyclic) bond motifs is 1. The second-order valence-corrected chi connectivity index (χ2v) is 8.38. The summed E-state index contributed by atoms with van der Waals surface area (Å²) >= 11 is 0. The maximum absolute atomic E-state index is 13.1. The minimum atomic E-state index is -3.51. The van der Waals surface area contributed by atoms with E-state index in [0.717, 1.165) is 29.7 Å². The van der Waals surface area contributed by atoms with Crippen LogP contribution < -0.4 is 9.47 Å². The summed E-state index contributed by atoms with van der Waals surface area (Å²) in [6, 6.07) is 12.6. The average Bonchev–Trinajstić information content (AvgIpc) is 3.12. The van der Waals surface area contributed by atoms with Crippen LogP contribution in [0, 0.1) is 6.92 Å². The zero-order valence-electron chi connectivity index (χ0n) is 14.1. The van der Waals surface area contributed by atoms with E-state index < -0.39 is 10.0 Å². The molecular formula is C19H21NO4S. The lowest BCUT2D eigenvalue weighted by atomic mass is 10.0. The molecule has 0 amide bonds. The predicted molar refractivity (Wildman–Crippen MR) is 94.5 cm³/mol. The first kappa shape index (κ1) is 16.4. The summed E-state index contributed by atoms with van der Waals surface area (Å²) < 4.78 is 39.0. The van der Waals surface area contributed by atoms with Crippen LogP contribution in [0.3, 0.4) is 0 Å². The molecule has 1 fully saturated rings. The van der Waals surface area contributed by atoms with Crippen molar-refractivity contribution >= 4 is 10.0 Å². The number of hydrogen-bond acceptors (Lipinski definition) is 4. The van der Waals surface area contributed by atoms with Crippen LogP contribution in [0.1, 0.15) is 30.0 Å². The molecule has 5 nitrogen and oxygen atoms in total. The first-order valence-electron chi connectivity index (χ1n) is 8.54. The molecular weight excluding hydrogens is 338 g/mol. The molecule has 132 valence electrons. The van der Waals surface area contributed by atoms with Crippen LogP contribution in [-0.2, 0) is 10.0 Å². The largest absolute Gasteiger partial charge is 0.486 e. The van der Waals surface area contributed by atoms with Gasteiger partial charge in [0.1, 0.15) is 13.2 Å². The molecule has 1 saturated heterocycles. The zero-order chi connectivity index (χ0) is 17.4. The molecule has 2 aliphatic rings. The molecule has 1 atom stereocenters. The van der Waals surface area contributed by atoms with Crippen LogP contribution in [0.2, 0.25) is 0 Å². The number of nitrogens with zero attached hydrogens (tertiary/aromatic N) is 1. The van der Waals surface area contributed by atoms with E-state index in [9.17, 15) is 8.42 Å². The lowest BCUT2D eigenvalue weighted by molar-refractivity contribution is 0.171. The number of aryl methyl sites for hydroxylation is 1. The van der Waals surface area contributed by atoms with Crippen LogP contribution in [0.15, 0.2) is 47.4 Å². The van der Waals surface area contributed by atoms with Crippen molar-refractivity contribution in [3.05, 3.63) is 53.6 Å². The highest BCUT2D eigenvalue weighted by Crippen LogP contribution is 2.40. The summed E-state index contributed by atoms with van der Waals surface area (Å²) in [5.74, 6) is 1.42. The number of rotatable bonds is 3. The topological polar surface area (TPSA) is 55.8 Å². The molecule has 25 heavy (non-hydrogen) atoms. The van der Waals surface area contributed by atoms with Crippen molar-refractivity contribution in [3.8, 4) is 11.5 Å². The summed E-state index contributed by atoms with van der Waals surface area (Å²) in [5.41, 5.74) is 2.00. The van der Waals surface area contributed by atoms with E-state index in [4.69, 9.17) is 9.47 Å². The van der Waals surface area contributed by atoms with E-state index in [1.165, 1.54) is 0 Å². The maximum Gasteiger partial charge on any atom is 0.243 e. The molecule has 0 bridgehead atoms. The van der Waals surface area contributed by atoms with Gasteiger partial charge in [0.15, 0.2) is 11.5 Å². The Bertz CT molecular complexity index is 877. The quantitative estimate of drug-likeness (QED) is 0.844. The molecule has 0 aromatic heterocycles. The van der Waals surface area contributed by atoms with Gasteiger partial charge in [-0.05, 0) is 49.6 Å². The van der Waals surface area contributed by atoms with Crippen LogP contribution >= 0.6 is 0 Å². The Hall–Kier alpha value is -2.05. The maximum atomic E-state index is 13.1. The minimum Gasteiger partial charge on any atom is -0.486 e. The van der Waals surface area contributed by atoms with E-state index in [-0.39, 0.29) is 6.04 Å². The van der Waals surface area contributed by atoms with Gasteiger partial charge in [0.05, 0.1) is 10.9 Å². The Balaban J connectivity index is 1.67. The van der Waals surface area contributed by atoms with Gasteiger partial charge in [-0.15, -0.1) is 0 Å². The second-order valence-electron chi connectivity index (χ2n) is 6.49. The highest BCUT2D eigenvalue weighted by molar-refractivity contribution is 7.89. The fourth-order valence-electron chi connectivity index (χ4n) is 3.47. The smallest absolute Gasteiger partial charge is 0.243 e. The minimum absolute atomic E-state index is 0.165. The fraction of sp³-hybridized carbons (Fsp3) is 0.368. The van der Waals surface area contributed by atoms with Gasteiger partial charge in [-0.1, -0.05) is 23.8 Å². The summed E-state index contributed by atoms with van der Waals surface area (Å²) in [7, 11) is -3.51. The normalized spacial score (nSPS) is 20.6. The van der Waals surface area contributed by atoms with Gasteiger partial charge < -0.3 is 9.47 Å². The molecule has 6 heteroatoms. The van der Waals surface area contributed by atoms with E-state index in [1.807, 2.05) is 37.3 Å². The fourth-order valence-corrected chi connectivity index (χ4v) is 5.16. The monoisotopic (exact) mass is 359 g/mol. The molecule has 0 aliphatic carbocycles. The number of benzene rings is 2. The van der Waals surface area contributed by atoms with Crippen molar-refractivity contribution in [1.29, 1.82) is 0 Å². The molecule has 2 aromatic carbocycles. The van der Waals surface area contributed by atoms with Gasteiger partial charge in [0.25, 0.3) is 0 Å². The first-order chi connectivity index (χ1) is 12.1. The molecule has 2 aromatic rings. The van der Waals surface area contributed by atoms with E-state index in [0.29, 0.717) is 30.4 Å². The Morgan fingerprint density at radius 2 is 1.72 bits per heavy atom. The highest BCUT2D eigenvalue weighted by atomic mass is 32.2. The predicted octanol–water partition coefficient (Wildman–Crippen LogP) is 3.29. The molecule has 2 aliphatic heterocycles. The number of hydrogen-bond donors (Lipinski definition) is 0. The highest BCUT2D eigenvalue weighted by Gasteiger charge is 2.36. The molecule has 0 N–H and O–H groups in total. The van der Waals surface area contributed by atoms with Gasteiger partial charge in [-0.3, -0.25) is 0 Å². The van der Waals surface area contributed by atoms with E-state index in [1.54, 1.807) is 16.4 Å². The van der Waals surface area contributed by atoms with Crippen LogP contribution in [0.25, 0.3) is 0 Å². The number of ether oxygens (including phenoxy) is 2. The molecule has 1 unspecified atom stereocenters. The van der Waals surface area contributed by atoms with Crippen molar-refractivity contribution in [2.45, 2.75) is 30.7 Å². The van der Waals surface area contributed by atoms with Gasteiger partial charge in [0, 0.05) is 6.54 Å². The van der Waals surface area contributed by atoms with Crippen molar-refractivity contribution in [1.82, 2.24) is 4.31 Å². The van der Waals surface area contributed by atoms with Crippen molar-refractivity contribution in [2.75, 3.05) is 19.8 Å². The van der Waals surface area contributed by atoms with Crippen molar-refractivity contribution in [3.63, 3.8) is 0 Å². The van der Waals surface area contributed by atoms with Gasteiger partial charge >= 0.3 is 0 Å². The molecule has 0 radical (unpaired) electrons. The Labute approximate surface area is 148 Å². The lowest BCUT2D eigenvalue weighted by Gasteiger charge is -2.26. The third kappa shape index (κ3) is 3.00. The SMILES string of the molecule is Cc1ccc(S(=O)(=O)N2CCCC2c2ccc3c(c2)OCCO3)cc1. The third-order valence-electron chi connectivity index (χ3n) is 4.78. The average molecular weight is 359 g/mol. The summed E-state index contributed by atoms with van der Waals surface area (Å²) in [4.78, 5) is 0.350. The van der Waals surface area contributed by atoms with Gasteiger partial charge in [0.2, 0.25) is 10.0 Å². The Kier molecular flexibility index (Phi) is 4.17. The van der Waals surface area contributed by atoms with Crippen LogP contribution in [-0.4, -0.2) is 32.5 Å². The second kappa shape index (κ2) is 6.35. The summed E-state index contributed by atoms with van der Waals surface area (Å²) in [6.45, 7) is 3.55. The lowest BCUT2D eigenvalue weighted by Crippen LogP contribution is -2.30. The zero-order valence-corrected chi connectivity index (χ0v) is 15.0. The van der Waals surface area contributed by atoms with Crippen molar-refractivity contribution in [2.24, 2.45) is 0 Å². The standard InChI is InChI=1S/C19H21NO4S/c1-14-4-7-16(8-5-14)25(21,22)20-10-2-3-17(20)15-6-9-18-19(13-15)24-12-11-23-18/h4-9,13,17H,2-3,10-12H2,1H3. The number of sulfonamides is 1. The third-order valence-corrected chi connectivity index (χ3v) is 6.70. The van der Waals surface area contributed by atoms with Crippen LogP contribution in [0.4, 0.5) is 0 Å². The molecule has 0 saturated carbocycles. The van der Waals surface area contributed by atoms with E-state index >= 15 is 0 Å². The molecule has 4 rings (SSSR count). The first-order valence-corrected chi connectivity index (χ1v) is 9.98. The van der Waals surface area contributed by atoms with Crippen LogP contribution in [0.5, 0.6) is 11.5 Å². The molecule has 2 heterocycles. The Morgan fingerprint density at radius 1 is 1.00 bits per heavy atom. The summed E-state index contributed by atoms with van der Waals surface area (Å²) in [5, 5.41) is 0. The molecule has 0 spiro atoms. The summed E-state index contributed by atoms with van der Waals surface area (Å²) in [6.07, 6.45) is 1.66.